The number of nitrogens with zero attached hydrogens (tertiary/aromatic N) is 1. The van der Waals surface area contributed by atoms with Crippen molar-refractivity contribution >= 4 is 17.1 Å². The van der Waals surface area contributed by atoms with Crippen molar-refractivity contribution in [2.45, 2.75) is 69.1 Å². The molecule has 9 aromatic rings. The molecule has 0 heterocycles. The number of benzene rings is 9. The van der Waals surface area contributed by atoms with Crippen molar-refractivity contribution in [3.8, 4) is 55.6 Å². The minimum atomic E-state index is -0.304. The third-order valence-electron chi connectivity index (χ3n) is 16.4. The van der Waals surface area contributed by atoms with E-state index in [-0.39, 0.29) is 16.2 Å². The lowest BCUT2D eigenvalue weighted by atomic mass is 9.68. The van der Waals surface area contributed by atoms with Crippen LogP contribution in [0.5, 0.6) is 0 Å². The summed E-state index contributed by atoms with van der Waals surface area (Å²) in [7, 11) is 0. The Balaban J connectivity index is 0.997. The second-order valence-electron chi connectivity index (χ2n) is 20.0. The van der Waals surface area contributed by atoms with E-state index in [0.29, 0.717) is 0 Å². The molecule has 1 saturated carbocycles. The molecule has 0 saturated heterocycles. The topological polar surface area (TPSA) is 3.24 Å². The van der Waals surface area contributed by atoms with Crippen molar-refractivity contribution in [2.75, 3.05) is 4.90 Å². The van der Waals surface area contributed by atoms with Gasteiger partial charge in [-0.05, 0) is 139 Å². The summed E-state index contributed by atoms with van der Waals surface area (Å²) in [6.07, 6.45) is 6.25. The van der Waals surface area contributed by atoms with Crippen molar-refractivity contribution in [3.05, 3.63) is 245 Å². The molecule has 1 heteroatoms. The number of fused-ring (bicyclic) bond motifs is 11. The SMILES string of the molecule is CC1(C)c2ccccc2-c2cccc(-c3ccccc3-c3ccc(N(c4ccc5c(c4)C4(CCCCC4)c4ccccc4-5)c4cccc5c4-c4ccccc4C5(C)c4ccccc4)cc3)c21. The van der Waals surface area contributed by atoms with Gasteiger partial charge in [-0.3, -0.25) is 0 Å². The Labute approximate surface area is 390 Å². The molecule has 4 aliphatic rings. The molecule has 318 valence electrons. The van der Waals surface area contributed by atoms with Crippen LogP contribution in [0, 0.1) is 0 Å². The van der Waals surface area contributed by atoms with Gasteiger partial charge in [-0.25, -0.2) is 0 Å². The van der Waals surface area contributed by atoms with Crippen LogP contribution >= 0.6 is 0 Å². The molecule has 0 aliphatic heterocycles. The summed E-state index contributed by atoms with van der Waals surface area (Å²) in [6.45, 7) is 7.21. The van der Waals surface area contributed by atoms with Crippen molar-refractivity contribution in [3.63, 3.8) is 0 Å². The Morgan fingerprint density at radius 1 is 0.364 bits per heavy atom. The molecule has 66 heavy (non-hydrogen) atoms. The Bertz CT molecular complexity index is 3380. The lowest BCUT2D eigenvalue weighted by Gasteiger charge is -2.37. The van der Waals surface area contributed by atoms with E-state index in [2.05, 4.69) is 232 Å². The van der Waals surface area contributed by atoms with Crippen molar-refractivity contribution in [1.82, 2.24) is 0 Å². The minimum absolute atomic E-state index is 0.0457. The zero-order chi connectivity index (χ0) is 44.2. The maximum Gasteiger partial charge on any atom is 0.0543 e. The lowest BCUT2D eigenvalue weighted by molar-refractivity contribution is 0.353. The van der Waals surface area contributed by atoms with E-state index in [1.165, 1.54) is 138 Å². The predicted octanol–water partition coefficient (Wildman–Crippen LogP) is 17.4. The van der Waals surface area contributed by atoms with Gasteiger partial charge in [0.1, 0.15) is 0 Å². The number of anilines is 3. The zero-order valence-electron chi connectivity index (χ0n) is 38.1. The van der Waals surface area contributed by atoms with Crippen LogP contribution in [0.4, 0.5) is 17.1 Å². The first-order valence-electron chi connectivity index (χ1n) is 24.1. The standard InChI is InChI=1S/C65H53N/c1-63(2)55-29-13-10-25-50(55)53-28-18-27-52(62(53)63)48-23-9-8-22-47(48)43-34-36-45(37-35-43)66(46-38-39-51-49-24-11-15-31-57(49)65(59(51)42-46)40-16-5-17-41-65)60-33-19-32-58-61(60)54-26-12-14-30-56(54)64(58,3)44-20-6-4-7-21-44/h4,6-15,18-39,42H,5,16-17,40-41H2,1-3H3. The fraction of sp³-hybridized carbons (Fsp3) is 0.169. The van der Waals surface area contributed by atoms with Gasteiger partial charge in [-0.2, -0.15) is 0 Å². The molecule has 13 rings (SSSR count). The van der Waals surface area contributed by atoms with E-state index in [1.807, 2.05) is 0 Å². The maximum absolute atomic E-state index is 2.58. The predicted molar refractivity (Wildman–Crippen MR) is 276 cm³/mol. The molecule has 1 atom stereocenters. The van der Waals surface area contributed by atoms with Crippen LogP contribution in [0.25, 0.3) is 55.6 Å². The molecule has 1 unspecified atom stereocenters. The van der Waals surface area contributed by atoms with Gasteiger partial charge in [-0.15, -0.1) is 0 Å². The quantitative estimate of drug-likeness (QED) is 0.161. The molecule has 0 aromatic heterocycles. The summed E-state index contributed by atoms with van der Waals surface area (Å²) in [5.74, 6) is 0. The summed E-state index contributed by atoms with van der Waals surface area (Å²) in [5.41, 5.74) is 26.2. The van der Waals surface area contributed by atoms with E-state index in [0.717, 1.165) is 5.69 Å². The Morgan fingerprint density at radius 3 is 1.64 bits per heavy atom. The molecule has 1 spiro atoms. The zero-order valence-corrected chi connectivity index (χ0v) is 38.1. The second kappa shape index (κ2) is 14.6. The summed E-state index contributed by atoms with van der Waals surface area (Å²) >= 11 is 0. The van der Waals surface area contributed by atoms with Gasteiger partial charge in [0.05, 0.1) is 5.69 Å². The first-order valence-corrected chi connectivity index (χ1v) is 24.1. The fourth-order valence-corrected chi connectivity index (χ4v) is 13.3. The summed E-state index contributed by atoms with van der Waals surface area (Å²) in [5, 5.41) is 0. The normalized spacial score (nSPS) is 17.6. The van der Waals surface area contributed by atoms with Crippen LogP contribution in [-0.2, 0) is 16.2 Å². The second-order valence-corrected chi connectivity index (χ2v) is 20.0. The highest BCUT2D eigenvalue weighted by Crippen LogP contribution is 2.60. The molecule has 0 radical (unpaired) electrons. The molecule has 0 amide bonds. The summed E-state index contributed by atoms with van der Waals surface area (Å²) in [6, 6.07) is 78.3. The van der Waals surface area contributed by atoms with E-state index in [1.54, 1.807) is 0 Å². The van der Waals surface area contributed by atoms with Crippen molar-refractivity contribution in [1.29, 1.82) is 0 Å². The van der Waals surface area contributed by atoms with Crippen LogP contribution in [-0.4, -0.2) is 0 Å². The molecular weight excluding hydrogens is 795 g/mol. The van der Waals surface area contributed by atoms with Crippen LogP contribution in [0.1, 0.15) is 91.8 Å². The third kappa shape index (κ3) is 5.47. The van der Waals surface area contributed by atoms with Gasteiger partial charge in [-0.1, -0.05) is 209 Å². The minimum Gasteiger partial charge on any atom is -0.310 e. The van der Waals surface area contributed by atoms with Gasteiger partial charge in [0.2, 0.25) is 0 Å². The van der Waals surface area contributed by atoms with Gasteiger partial charge < -0.3 is 4.90 Å². The summed E-state index contributed by atoms with van der Waals surface area (Å²) in [4.78, 5) is 2.58. The van der Waals surface area contributed by atoms with Gasteiger partial charge in [0.25, 0.3) is 0 Å². The molecule has 9 aromatic carbocycles. The highest BCUT2D eigenvalue weighted by molar-refractivity contribution is 5.98. The average Bonchev–Trinajstić information content (AvgIpc) is 3.90. The Kier molecular flexibility index (Phi) is 8.69. The van der Waals surface area contributed by atoms with Crippen molar-refractivity contribution < 1.29 is 0 Å². The van der Waals surface area contributed by atoms with Crippen LogP contribution in [0.2, 0.25) is 0 Å². The third-order valence-corrected chi connectivity index (χ3v) is 16.4. The van der Waals surface area contributed by atoms with E-state index in [4.69, 9.17) is 0 Å². The van der Waals surface area contributed by atoms with Gasteiger partial charge >= 0.3 is 0 Å². The lowest BCUT2D eigenvalue weighted by Crippen LogP contribution is -2.28. The summed E-state index contributed by atoms with van der Waals surface area (Å²) < 4.78 is 0. The smallest absolute Gasteiger partial charge is 0.0543 e. The number of hydrogen-bond donors (Lipinski definition) is 0. The van der Waals surface area contributed by atoms with E-state index in [9.17, 15) is 0 Å². The monoisotopic (exact) mass is 847 g/mol. The van der Waals surface area contributed by atoms with Crippen LogP contribution < -0.4 is 4.90 Å². The molecular formula is C65H53N. The highest BCUT2D eigenvalue weighted by atomic mass is 15.1. The molecule has 1 fully saturated rings. The molecule has 4 aliphatic carbocycles. The highest BCUT2D eigenvalue weighted by Gasteiger charge is 2.45. The molecule has 1 nitrogen and oxygen atoms in total. The maximum atomic E-state index is 2.58. The van der Waals surface area contributed by atoms with Crippen LogP contribution in [0.3, 0.4) is 0 Å². The Morgan fingerprint density at radius 2 is 0.894 bits per heavy atom. The first kappa shape index (κ1) is 39.2. The van der Waals surface area contributed by atoms with E-state index < -0.39 is 0 Å². The molecule has 0 N–H and O–H groups in total. The average molecular weight is 848 g/mol. The van der Waals surface area contributed by atoms with Gasteiger partial charge in [0.15, 0.2) is 0 Å². The first-order chi connectivity index (χ1) is 32.4. The van der Waals surface area contributed by atoms with Crippen LogP contribution in [0.15, 0.2) is 206 Å². The largest absolute Gasteiger partial charge is 0.310 e. The van der Waals surface area contributed by atoms with Gasteiger partial charge in [0, 0.05) is 33.2 Å². The van der Waals surface area contributed by atoms with Crippen molar-refractivity contribution in [2.24, 2.45) is 0 Å². The Hall–Kier alpha value is -7.22. The molecule has 0 bridgehead atoms. The number of hydrogen-bond acceptors (Lipinski definition) is 1. The fourth-order valence-electron chi connectivity index (χ4n) is 13.3. The number of rotatable bonds is 6. The van der Waals surface area contributed by atoms with E-state index >= 15 is 0 Å².